The number of halogens is 3. The fourth-order valence-corrected chi connectivity index (χ4v) is 3.09. The first-order valence-corrected chi connectivity index (χ1v) is 9.84. The van der Waals surface area contributed by atoms with Crippen LogP contribution < -0.4 is 4.74 Å². The molecule has 1 unspecified atom stereocenters. The number of alkyl halides is 3. The van der Waals surface area contributed by atoms with Crippen LogP contribution in [0.5, 0.6) is 5.75 Å². The number of benzene rings is 1. The van der Waals surface area contributed by atoms with E-state index in [0.717, 1.165) is 27.9 Å². The fourth-order valence-electron chi connectivity index (χ4n) is 3.09. The van der Waals surface area contributed by atoms with Crippen LogP contribution in [0, 0.1) is 22.7 Å². The van der Waals surface area contributed by atoms with E-state index in [1.165, 1.54) is 6.33 Å². The molecule has 0 radical (unpaired) electrons. The van der Waals surface area contributed by atoms with Crippen molar-refractivity contribution < 1.29 is 27.8 Å². The number of carbonyl (C=O) groups is 1. The van der Waals surface area contributed by atoms with Crippen molar-refractivity contribution in [2.45, 2.75) is 18.6 Å². The Morgan fingerprint density at radius 2 is 1.89 bits per heavy atom. The average molecular weight is 483 g/mol. The lowest BCUT2D eigenvalue weighted by Gasteiger charge is -2.15. The summed E-state index contributed by atoms with van der Waals surface area (Å²) in [5.74, 6) is -2.15. The van der Waals surface area contributed by atoms with Gasteiger partial charge in [0.2, 0.25) is 0 Å². The first kappa shape index (κ1) is 24.7. The van der Waals surface area contributed by atoms with E-state index in [-0.39, 0.29) is 19.1 Å². The average Bonchev–Trinajstić information content (AvgIpc) is 3.51. The van der Waals surface area contributed by atoms with Gasteiger partial charge in [0.05, 0.1) is 30.4 Å². The molecule has 35 heavy (non-hydrogen) atoms. The van der Waals surface area contributed by atoms with Crippen LogP contribution in [-0.4, -0.2) is 48.6 Å². The molecule has 178 valence electrons. The van der Waals surface area contributed by atoms with E-state index in [9.17, 15) is 18.4 Å². The molecular weight excluding hydrogens is 467 g/mol. The predicted molar refractivity (Wildman–Crippen MR) is 115 cm³/mol. The molecule has 0 bridgehead atoms. The van der Waals surface area contributed by atoms with Gasteiger partial charge in [-0.15, -0.1) is 0 Å². The molecule has 4 aromatic rings. The molecular formula is C22H16F3N7O3. The molecule has 0 amide bonds. The Morgan fingerprint density at radius 3 is 2.51 bits per heavy atom. The minimum Gasteiger partial charge on any atom is -0.479 e. The summed E-state index contributed by atoms with van der Waals surface area (Å²) >= 11 is 0. The van der Waals surface area contributed by atoms with Gasteiger partial charge in [0, 0.05) is 23.3 Å². The van der Waals surface area contributed by atoms with Crippen molar-refractivity contribution in [3.63, 3.8) is 0 Å². The molecule has 1 atom stereocenters. The predicted octanol–water partition coefficient (Wildman–Crippen LogP) is 3.86. The number of nitriles is 2. The monoisotopic (exact) mass is 483 g/mol. The third-order valence-electron chi connectivity index (χ3n) is 4.64. The van der Waals surface area contributed by atoms with Crippen LogP contribution >= 0.6 is 0 Å². The molecule has 0 aliphatic heterocycles. The maximum absolute atomic E-state index is 10.6. The number of nitrogens with one attached hydrogen (secondary N) is 1. The summed E-state index contributed by atoms with van der Waals surface area (Å²) in [6, 6.07) is 13.2. The van der Waals surface area contributed by atoms with E-state index < -0.39 is 12.1 Å². The number of aromatic amines is 1. The number of H-pyrrole nitrogens is 1. The van der Waals surface area contributed by atoms with E-state index >= 15 is 0 Å². The highest BCUT2D eigenvalue weighted by Gasteiger charge is 2.38. The third-order valence-corrected chi connectivity index (χ3v) is 4.64. The van der Waals surface area contributed by atoms with Crippen LogP contribution in [0.25, 0.3) is 22.3 Å². The maximum atomic E-state index is 10.6. The number of hydrogen-bond acceptors (Lipinski definition) is 7. The van der Waals surface area contributed by atoms with Crippen LogP contribution in [0.1, 0.15) is 18.0 Å². The number of fused-ring (bicyclic) bond motifs is 1. The van der Waals surface area contributed by atoms with Crippen molar-refractivity contribution in [3.05, 3.63) is 60.8 Å². The van der Waals surface area contributed by atoms with E-state index in [2.05, 4.69) is 26.1 Å². The highest BCUT2D eigenvalue weighted by atomic mass is 19.4. The number of aliphatic carboxylic acids is 1. The summed E-state index contributed by atoms with van der Waals surface area (Å²) in [7, 11) is 0. The molecule has 3 aromatic heterocycles. The third kappa shape index (κ3) is 6.11. The molecule has 0 saturated heterocycles. The zero-order valence-electron chi connectivity index (χ0n) is 17.8. The second-order valence-electron chi connectivity index (χ2n) is 6.87. The lowest BCUT2D eigenvalue weighted by atomic mass is 10.0. The largest absolute Gasteiger partial charge is 0.490 e. The molecule has 4 rings (SSSR count). The van der Waals surface area contributed by atoms with Crippen LogP contribution in [-0.2, 0) is 4.79 Å². The number of carboxylic acids is 1. The molecule has 3 heterocycles. The first-order chi connectivity index (χ1) is 16.7. The summed E-state index contributed by atoms with van der Waals surface area (Å²) in [6.07, 6.45) is 2.14. The number of carboxylic acid groups (broad SMARTS) is 1. The fraction of sp³-hybridized carbons (Fsp3) is 0.182. The number of nitrogens with zero attached hydrogens (tertiary/aromatic N) is 6. The molecule has 0 fully saturated rings. The van der Waals surface area contributed by atoms with Gasteiger partial charge < -0.3 is 14.8 Å². The molecule has 2 N–H and O–H groups in total. The highest BCUT2D eigenvalue weighted by molar-refractivity contribution is 5.90. The van der Waals surface area contributed by atoms with Crippen LogP contribution in [0.4, 0.5) is 13.2 Å². The minimum atomic E-state index is -5.08. The molecule has 13 heteroatoms. The number of hydrogen-bond donors (Lipinski definition) is 2. The standard InChI is InChI=1S/C20H15N7O.C2HF3O2/c21-7-5-18(14-1-3-16(4-2-14)28-10-8-22)27-12-15(11-26-27)19-17-6-9-23-20(17)25-13-24-19;3-2(4,5)1(6)7/h1-4,6,9,11-13,18H,5,10H2,(H,23,24,25);(H,6,7). The molecule has 10 nitrogen and oxygen atoms in total. The SMILES string of the molecule is N#CCOc1ccc(C(CC#N)n2cc(-c3ncnc4[nH]ccc34)cn2)cc1.O=C(O)C(F)(F)F. The summed E-state index contributed by atoms with van der Waals surface area (Å²) in [6.45, 7) is -0.00392. The lowest BCUT2D eigenvalue weighted by Crippen LogP contribution is -2.21. The number of aromatic nitrogens is 5. The Kier molecular flexibility index (Phi) is 7.63. The van der Waals surface area contributed by atoms with Gasteiger partial charge in [-0.2, -0.15) is 28.8 Å². The molecule has 1 aromatic carbocycles. The van der Waals surface area contributed by atoms with Crippen molar-refractivity contribution >= 4 is 17.0 Å². The van der Waals surface area contributed by atoms with Crippen molar-refractivity contribution in [1.82, 2.24) is 24.7 Å². The van der Waals surface area contributed by atoms with Gasteiger partial charge in [-0.3, -0.25) is 4.68 Å². The van der Waals surface area contributed by atoms with Gasteiger partial charge in [0.1, 0.15) is 23.8 Å². The minimum absolute atomic E-state index is 0.00392. The van der Waals surface area contributed by atoms with Gasteiger partial charge in [-0.1, -0.05) is 12.1 Å². The molecule has 0 aliphatic carbocycles. The van der Waals surface area contributed by atoms with Gasteiger partial charge in [0.25, 0.3) is 0 Å². The van der Waals surface area contributed by atoms with E-state index in [1.807, 2.05) is 36.7 Å². The van der Waals surface area contributed by atoms with Gasteiger partial charge in [-0.25, -0.2) is 14.8 Å². The zero-order chi connectivity index (χ0) is 25.4. The van der Waals surface area contributed by atoms with Gasteiger partial charge in [0.15, 0.2) is 6.61 Å². The topological polar surface area (TPSA) is 154 Å². The Balaban J connectivity index is 0.000000429. The second kappa shape index (κ2) is 10.8. The van der Waals surface area contributed by atoms with Crippen molar-refractivity contribution in [2.75, 3.05) is 6.61 Å². The summed E-state index contributed by atoms with van der Waals surface area (Å²) in [5, 5.41) is 30.4. The van der Waals surface area contributed by atoms with E-state index in [1.54, 1.807) is 23.0 Å². The number of rotatable bonds is 6. The van der Waals surface area contributed by atoms with Crippen molar-refractivity contribution in [1.29, 1.82) is 10.5 Å². The van der Waals surface area contributed by atoms with Crippen molar-refractivity contribution in [2.24, 2.45) is 0 Å². The second-order valence-corrected chi connectivity index (χ2v) is 6.87. The maximum Gasteiger partial charge on any atom is 0.490 e. The van der Waals surface area contributed by atoms with E-state index in [0.29, 0.717) is 5.75 Å². The first-order valence-electron chi connectivity index (χ1n) is 9.84. The Labute approximate surface area is 195 Å². The van der Waals surface area contributed by atoms with E-state index in [4.69, 9.17) is 19.9 Å². The smallest absolute Gasteiger partial charge is 0.479 e. The van der Waals surface area contributed by atoms with Crippen LogP contribution in [0.3, 0.4) is 0 Å². The lowest BCUT2D eigenvalue weighted by molar-refractivity contribution is -0.192. The van der Waals surface area contributed by atoms with Crippen LogP contribution in [0.2, 0.25) is 0 Å². The zero-order valence-corrected chi connectivity index (χ0v) is 17.8. The van der Waals surface area contributed by atoms with Crippen molar-refractivity contribution in [3.8, 4) is 29.1 Å². The quantitative estimate of drug-likeness (QED) is 0.419. The van der Waals surface area contributed by atoms with Crippen LogP contribution in [0.15, 0.2) is 55.2 Å². The molecule has 0 spiro atoms. The Hall–Kier alpha value is -4.91. The highest BCUT2D eigenvalue weighted by Crippen LogP contribution is 2.28. The summed E-state index contributed by atoms with van der Waals surface area (Å²) in [4.78, 5) is 20.6. The number of ether oxygens (including phenoxy) is 1. The Bertz CT molecular complexity index is 1380. The van der Waals surface area contributed by atoms with Gasteiger partial charge >= 0.3 is 12.1 Å². The normalized spacial score (nSPS) is 11.6. The molecule has 0 saturated carbocycles. The summed E-state index contributed by atoms with van der Waals surface area (Å²) < 4.78 is 38.8. The molecule has 0 aliphatic rings. The summed E-state index contributed by atoms with van der Waals surface area (Å²) in [5.41, 5.74) is 3.33. The van der Waals surface area contributed by atoms with Gasteiger partial charge in [-0.05, 0) is 23.8 Å². The Morgan fingerprint density at radius 1 is 1.17 bits per heavy atom.